The Morgan fingerprint density at radius 1 is 1.16 bits per heavy atom. The quantitative estimate of drug-likeness (QED) is 0.752. The van der Waals surface area contributed by atoms with Gasteiger partial charge in [0.05, 0.1) is 23.8 Å². The largest absolute Gasteiger partial charge is 0.345 e. The minimum atomic E-state index is -0.378. The van der Waals surface area contributed by atoms with Crippen molar-refractivity contribution in [2.75, 3.05) is 33.2 Å². The molecule has 2 aliphatic heterocycles. The first-order chi connectivity index (χ1) is 15.0. The predicted molar refractivity (Wildman–Crippen MR) is 119 cm³/mol. The Morgan fingerprint density at radius 2 is 1.97 bits per heavy atom. The van der Waals surface area contributed by atoms with E-state index in [9.17, 15) is 14.4 Å². The molecule has 4 rings (SSSR count). The Hall–Kier alpha value is -2.74. The third-order valence-corrected chi connectivity index (χ3v) is 6.65. The van der Waals surface area contributed by atoms with Gasteiger partial charge in [0.25, 0.3) is 5.56 Å². The maximum atomic E-state index is 12.6. The van der Waals surface area contributed by atoms with E-state index < -0.39 is 0 Å². The topological polar surface area (TPSA) is 87.5 Å². The van der Waals surface area contributed by atoms with Crippen LogP contribution in [0.2, 0.25) is 0 Å². The van der Waals surface area contributed by atoms with Crippen LogP contribution in [0.15, 0.2) is 35.4 Å². The minimum absolute atomic E-state index is 0.0633. The van der Waals surface area contributed by atoms with Crippen molar-refractivity contribution < 1.29 is 9.59 Å². The van der Waals surface area contributed by atoms with E-state index in [1.807, 2.05) is 13.1 Å². The molecule has 166 valence electrons. The van der Waals surface area contributed by atoms with Crippen molar-refractivity contribution in [3.05, 3.63) is 40.9 Å². The average molecular weight is 426 g/mol. The molecule has 8 heteroatoms. The van der Waals surface area contributed by atoms with Gasteiger partial charge < -0.3 is 15.1 Å². The van der Waals surface area contributed by atoms with Gasteiger partial charge in [0.1, 0.15) is 6.54 Å². The molecule has 31 heavy (non-hydrogen) atoms. The van der Waals surface area contributed by atoms with Crippen molar-refractivity contribution >= 4 is 22.7 Å². The minimum Gasteiger partial charge on any atom is -0.345 e. The number of benzene rings is 1. The first kappa shape index (κ1) is 21.5. The molecule has 0 bridgehead atoms. The lowest BCUT2D eigenvalue weighted by molar-refractivity contribution is -0.133. The molecule has 1 aromatic heterocycles. The number of aromatic nitrogens is 2. The van der Waals surface area contributed by atoms with Gasteiger partial charge in [0.2, 0.25) is 11.8 Å². The zero-order valence-electron chi connectivity index (χ0n) is 18.1. The molecule has 2 saturated heterocycles. The third-order valence-electron chi connectivity index (χ3n) is 6.65. The zero-order valence-corrected chi connectivity index (χ0v) is 18.1. The predicted octanol–water partition coefficient (Wildman–Crippen LogP) is 1.24. The van der Waals surface area contributed by atoms with Crippen molar-refractivity contribution in [3.8, 4) is 0 Å². The molecule has 0 spiro atoms. The lowest BCUT2D eigenvalue weighted by atomic mass is 9.83. The highest BCUT2D eigenvalue weighted by Gasteiger charge is 2.34. The smallest absolute Gasteiger partial charge is 0.261 e. The monoisotopic (exact) mass is 425 g/mol. The molecule has 1 aromatic carbocycles. The van der Waals surface area contributed by atoms with E-state index in [2.05, 4.69) is 15.2 Å². The Bertz CT molecular complexity index is 1000. The fourth-order valence-electron chi connectivity index (χ4n) is 4.98. The lowest BCUT2D eigenvalue weighted by Gasteiger charge is -2.45. The molecule has 2 aliphatic rings. The summed E-state index contributed by atoms with van der Waals surface area (Å²) in [6.45, 7) is 2.86. The molecule has 8 nitrogen and oxygen atoms in total. The molecule has 1 N–H and O–H groups in total. The second-order valence-electron chi connectivity index (χ2n) is 8.75. The summed E-state index contributed by atoms with van der Waals surface area (Å²) in [6.07, 6.45) is 7.49. The summed E-state index contributed by atoms with van der Waals surface area (Å²) >= 11 is 0. The Labute approximate surface area is 182 Å². The zero-order chi connectivity index (χ0) is 21.8. The number of rotatable bonds is 6. The summed E-state index contributed by atoms with van der Waals surface area (Å²) in [4.78, 5) is 46.0. The van der Waals surface area contributed by atoms with Gasteiger partial charge in [0.15, 0.2) is 0 Å². The van der Waals surface area contributed by atoms with Gasteiger partial charge in [-0.15, -0.1) is 0 Å². The van der Waals surface area contributed by atoms with E-state index in [1.54, 1.807) is 23.1 Å². The molecule has 2 unspecified atom stereocenters. The number of hydrogen-bond acceptors (Lipinski definition) is 5. The first-order valence-electron chi connectivity index (χ1n) is 11.2. The summed E-state index contributed by atoms with van der Waals surface area (Å²) in [7, 11) is 1.81. The van der Waals surface area contributed by atoms with E-state index in [4.69, 9.17) is 0 Å². The number of fused-ring (bicyclic) bond motifs is 2. The third kappa shape index (κ3) is 4.95. The van der Waals surface area contributed by atoms with Crippen molar-refractivity contribution in [2.45, 2.75) is 44.7 Å². The molecule has 0 radical (unpaired) electrons. The molecule has 2 atom stereocenters. The molecule has 2 amide bonds. The molecular formula is C23H31N5O3. The number of carbonyl (C=O) groups is 2. The summed E-state index contributed by atoms with van der Waals surface area (Å²) < 4.78 is 1.27. The summed E-state index contributed by atoms with van der Waals surface area (Å²) in [5.74, 6) is 0.0169. The Morgan fingerprint density at radius 3 is 2.84 bits per heavy atom. The van der Waals surface area contributed by atoms with Crippen molar-refractivity contribution in [1.82, 2.24) is 24.7 Å². The van der Waals surface area contributed by atoms with Crippen molar-refractivity contribution in [2.24, 2.45) is 5.92 Å². The van der Waals surface area contributed by atoms with Crippen LogP contribution >= 0.6 is 0 Å². The number of carbonyl (C=O) groups excluding carboxylic acids is 2. The maximum Gasteiger partial charge on any atom is 0.261 e. The van der Waals surface area contributed by atoms with Gasteiger partial charge in [-0.1, -0.05) is 18.6 Å². The number of amides is 2. The van der Waals surface area contributed by atoms with Crippen molar-refractivity contribution in [3.63, 3.8) is 0 Å². The van der Waals surface area contributed by atoms with Crippen LogP contribution in [0.25, 0.3) is 10.9 Å². The van der Waals surface area contributed by atoms with Crippen molar-refractivity contribution in [1.29, 1.82) is 0 Å². The summed E-state index contributed by atoms with van der Waals surface area (Å²) in [5, 5.41) is 3.12. The molecular weight excluding hydrogens is 394 g/mol. The van der Waals surface area contributed by atoms with Crippen LogP contribution in [0.4, 0.5) is 0 Å². The number of nitrogens with zero attached hydrogens (tertiary/aromatic N) is 4. The lowest BCUT2D eigenvalue weighted by Crippen LogP contribution is -2.51. The molecule has 2 fully saturated rings. The van der Waals surface area contributed by atoms with Crippen LogP contribution < -0.4 is 10.9 Å². The number of piperidine rings is 2. The van der Waals surface area contributed by atoms with Gasteiger partial charge in [-0.05, 0) is 56.8 Å². The molecule has 0 aliphatic carbocycles. The second-order valence-corrected chi connectivity index (χ2v) is 8.75. The van der Waals surface area contributed by atoms with Gasteiger partial charge in [-0.2, -0.15) is 0 Å². The standard InChI is InChI=1S/C23H31N5O3/c1-26(14-17-7-6-12-27-11-5-4-10-20(17)27)22(30)13-24-21(29)15-28-16-25-19-9-3-2-8-18(19)23(28)31/h2-3,8-9,16-17,20H,4-7,10-15H2,1H3,(H,24,29). The van der Waals surface area contributed by atoms with Crippen LogP contribution in [-0.4, -0.2) is 70.4 Å². The SMILES string of the molecule is CN(CC1CCCN2CCCCC12)C(=O)CNC(=O)Cn1cnc2ccccc2c1=O. The van der Waals surface area contributed by atoms with Crippen LogP contribution in [-0.2, 0) is 16.1 Å². The van der Waals surface area contributed by atoms with Gasteiger partial charge >= 0.3 is 0 Å². The molecule has 2 aromatic rings. The van der Waals surface area contributed by atoms with E-state index in [1.165, 1.54) is 49.7 Å². The highest BCUT2D eigenvalue weighted by molar-refractivity contribution is 5.84. The fraction of sp³-hybridized carbons (Fsp3) is 0.565. The van der Waals surface area contributed by atoms with Crippen LogP contribution in [0.5, 0.6) is 0 Å². The number of para-hydroxylation sites is 1. The summed E-state index contributed by atoms with van der Waals surface area (Å²) in [5.41, 5.74) is 0.332. The van der Waals surface area contributed by atoms with Crippen LogP contribution in [0, 0.1) is 5.92 Å². The maximum absolute atomic E-state index is 12.6. The Kier molecular flexibility index (Phi) is 6.65. The van der Waals surface area contributed by atoms with E-state index >= 15 is 0 Å². The Balaban J connectivity index is 1.28. The highest BCUT2D eigenvalue weighted by Crippen LogP contribution is 2.31. The van der Waals surface area contributed by atoms with E-state index in [0.29, 0.717) is 22.9 Å². The first-order valence-corrected chi connectivity index (χ1v) is 11.2. The second kappa shape index (κ2) is 9.60. The van der Waals surface area contributed by atoms with Gasteiger partial charge in [-0.3, -0.25) is 19.0 Å². The highest BCUT2D eigenvalue weighted by atomic mass is 16.2. The number of hydrogen-bond donors (Lipinski definition) is 1. The fourth-order valence-corrected chi connectivity index (χ4v) is 4.98. The number of likely N-dealkylation sites (N-methyl/N-ethyl adjacent to an activating group) is 1. The molecule has 0 saturated carbocycles. The van der Waals surface area contributed by atoms with Gasteiger partial charge in [0, 0.05) is 19.6 Å². The normalized spacial score (nSPS) is 21.5. The van der Waals surface area contributed by atoms with Crippen LogP contribution in [0.1, 0.15) is 32.1 Å². The van der Waals surface area contributed by atoms with Gasteiger partial charge in [-0.25, -0.2) is 4.98 Å². The van der Waals surface area contributed by atoms with E-state index in [0.717, 1.165) is 13.0 Å². The van der Waals surface area contributed by atoms with Crippen LogP contribution in [0.3, 0.4) is 0 Å². The van der Waals surface area contributed by atoms with E-state index in [-0.39, 0.29) is 30.5 Å². The molecule has 3 heterocycles. The average Bonchev–Trinajstić information content (AvgIpc) is 2.79. The number of nitrogens with one attached hydrogen (secondary N) is 1. The summed E-state index contributed by atoms with van der Waals surface area (Å²) in [6, 6.07) is 7.61.